The normalized spacial score (nSPS) is 10.2. The summed E-state index contributed by atoms with van der Waals surface area (Å²) >= 11 is 0. The minimum Gasteiger partial charge on any atom is -0.496 e. The van der Waals surface area contributed by atoms with Gasteiger partial charge in [-0.1, -0.05) is 24.3 Å². The molecule has 0 heterocycles. The molecule has 0 radical (unpaired) electrons. The van der Waals surface area contributed by atoms with Crippen LogP contribution in [-0.2, 0) is 4.74 Å². The smallest absolute Gasteiger partial charge is 0.496 e. The molecule has 2 rings (SSSR count). The molecule has 5 nitrogen and oxygen atoms in total. The van der Waals surface area contributed by atoms with Crippen LogP contribution in [0.3, 0.4) is 0 Å². The number of carbonyl (C=O) groups is 1. The second-order valence-electron chi connectivity index (χ2n) is 3.94. The molecule has 0 amide bonds. The Hall–Kier alpha value is -2.43. The molecule has 0 atom stereocenters. The average molecular weight is 276 g/mol. The third-order valence-corrected chi connectivity index (χ3v) is 2.79. The van der Waals surface area contributed by atoms with E-state index in [9.17, 15) is 4.79 Å². The monoisotopic (exact) mass is 276 g/mol. The topological polar surface area (TPSA) is 54.0 Å². The van der Waals surface area contributed by atoms with E-state index >= 15 is 0 Å². The zero-order chi connectivity index (χ0) is 14.5. The highest BCUT2D eigenvalue weighted by atomic mass is 16.7. The van der Waals surface area contributed by atoms with Gasteiger partial charge in [0.05, 0.1) is 20.8 Å². The zero-order valence-corrected chi connectivity index (χ0v) is 11.6. The van der Waals surface area contributed by atoms with Gasteiger partial charge in [0.15, 0.2) is 11.5 Å². The minimum atomic E-state index is -0.790. The molecule has 2 aromatic rings. The van der Waals surface area contributed by atoms with Gasteiger partial charge in [0.25, 0.3) is 0 Å². The molecule has 106 valence electrons. The first kappa shape index (κ1) is 14.0. The number of rotatable bonds is 4. The molecule has 0 bridgehead atoms. The first-order chi connectivity index (χ1) is 9.71. The van der Waals surface area contributed by atoms with Gasteiger partial charge in [0.2, 0.25) is 0 Å². The zero-order valence-electron chi connectivity index (χ0n) is 11.6. The SMILES string of the molecule is CCOc1cc(OC)c2ccccc2c1OC(=O)OC. The third kappa shape index (κ3) is 2.61. The van der Waals surface area contributed by atoms with Crippen LogP contribution in [0.2, 0.25) is 0 Å². The molecule has 0 aliphatic heterocycles. The van der Waals surface area contributed by atoms with Crippen LogP contribution >= 0.6 is 0 Å². The van der Waals surface area contributed by atoms with E-state index in [-0.39, 0.29) is 0 Å². The fourth-order valence-corrected chi connectivity index (χ4v) is 1.95. The lowest BCUT2D eigenvalue weighted by atomic mass is 10.1. The van der Waals surface area contributed by atoms with Crippen molar-refractivity contribution in [2.75, 3.05) is 20.8 Å². The van der Waals surface area contributed by atoms with Crippen molar-refractivity contribution in [1.82, 2.24) is 0 Å². The van der Waals surface area contributed by atoms with Gasteiger partial charge in [-0.3, -0.25) is 0 Å². The lowest BCUT2D eigenvalue weighted by Crippen LogP contribution is -2.09. The predicted molar refractivity (Wildman–Crippen MR) is 74.7 cm³/mol. The molecule has 0 aromatic heterocycles. The molecule has 0 fully saturated rings. The second-order valence-corrected chi connectivity index (χ2v) is 3.94. The van der Waals surface area contributed by atoms with Gasteiger partial charge in [-0.15, -0.1) is 0 Å². The predicted octanol–water partition coefficient (Wildman–Crippen LogP) is 3.39. The van der Waals surface area contributed by atoms with Crippen molar-refractivity contribution in [3.8, 4) is 17.2 Å². The van der Waals surface area contributed by atoms with Crippen LogP contribution in [0.25, 0.3) is 10.8 Å². The average Bonchev–Trinajstić information content (AvgIpc) is 2.49. The van der Waals surface area contributed by atoms with Gasteiger partial charge in [-0.25, -0.2) is 4.79 Å². The summed E-state index contributed by atoms with van der Waals surface area (Å²) < 4.78 is 20.6. The fraction of sp³-hybridized carbons (Fsp3) is 0.267. The minimum absolute atomic E-state index is 0.329. The first-order valence-corrected chi connectivity index (χ1v) is 6.19. The summed E-state index contributed by atoms with van der Waals surface area (Å²) in [6.07, 6.45) is -0.790. The Morgan fingerprint density at radius 1 is 1.10 bits per heavy atom. The van der Waals surface area contributed by atoms with Crippen molar-refractivity contribution in [2.45, 2.75) is 6.92 Å². The summed E-state index contributed by atoms with van der Waals surface area (Å²) in [5.74, 6) is 1.42. The third-order valence-electron chi connectivity index (χ3n) is 2.79. The molecule has 0 N–H and O–H groups in total. The molecule has 0 saturated heterocycles. The van der Waals surface area contributed by atoms with E-state index < -0.39 is 6.16 Å². The molecular weight excluding hydrogens is 260 g/mol. The van der Waals surface area contributed by atoms with E-state index in [1.54, 1.807) is 13.2 Å². The van der Waals surface area contributed by atoms with E-state index in [1.165, 1.54) is 7.11 Å². The van der Waals surface area contributed by atoms with Crippen molar-refractivity contribution in [1.29, 1.82) is 0 Å². The Labute approximate surface area is 117 Å². The largest absolute Gasteiger partial charge is 0.513 e. The van der Waals surface area contributed by atoms with Crippen LogP contribution in [0.15, 0.2) is 30.3 Å². The van der Waals surface area contributed by atoms with Crippen LogP contribution in [0.4, 0.5) is 4.79 Å². The number of ether oxygens (including phenoxy) is 4. The molecule has 0 saturated carbocycles. The molecule has 20 heavy (non-hydrogen) atoms. The van der Waals surface area contributed by atoms with Gasteiger partial charge in [-0.2, -0.15) is 0 Å². The van der Waals surface area contributed by atoms with Gasteiger partial charge in [0, 0.05) is 16.8 Å². The molecule has 2 aromatic carbocycles. The summed E-state index contributed by atoms with van der Waals surface area (Å²) in [6, 6.07) is 9.14. The number of methoxy groups -OCH3 is 2. The summed E-state index contributed by atoms with van der Waals surface area (Å²) in [4.78, 5) is 11.4. The van der Waals surface area contributed by atoms with E-state index in [4.69, 9.17) is 14.2 Å². The summed E-state index contributed by atoms with van der Waals surface area (Å²) in [5.41, 5.74) is 0. The Morgan fingerprint density at radius 3 is 2.40 bits per heavy atom. The maximum atomic E-state index is 11.4. The summed E-state index contributed by atoms with van der Waals surface area (Å²) in [7, 11) is 2.84. The highest BCUT2D eigenvalue weighted by molar-refractivity contribution is 5.96. The van der Waals surface area contributed by atoms with Gasteiger partial charge in [0.1, 0.15) is 5.75 Å². The quantitative estimate of drug-likeness (QED) is 0.633. The number of carbonyl (C=O) groups excluding carboxylic acids is 1. The van der Waals surface area contributed by atoms with Crippen LogP contribution in [0, 0.1) is 0 Å². The van der Waals surface area contributed by atoms with E-state index in [2.05, 4.69) is 4.74 Å². The second kappa shape index (κ2) is 6.14. The van der Waals surface area contributed by atoms with Gasteiger partial charge in [-0.05, 0) is 6.92 Å². The number of benzene rings is 2. The Bertz CT molecular complexity index is 621. The number of hydrogen-bond acceptors (Lipinski definition) is 5. The van der Waals surface area contributed by atoms with E-state index in [0.717, 1.165) is 10.8 Å². The standard InChI is InChI=1S/C15H16O5/c1-4-19-13-9-12(17-2)10-7-5-6-8-11(10)14(13)20-15(16)18-3/h5-9H,4H2,1-3H3. The summed E-state index contributed by atoms with van der Waals surface area (Å²) in [5, 5.41) is 1.55. The molecule has 0 unspecified atom stereocenters. The van der Waals surface area contributed by atoms with Crippen molar-refractivity contribution < 1.29 is 23.7 Å². The first-order valence-electron chi connectivity index (χ1n) is 6.19. The maximum Gasteiger partial charge on any atom is 0.513 e. The number of hydrogen-bond donors (Lipinski definition) is 0. The van der Waals surface area contributed by atoms with Crippen molar-refractivity contribution in [3.05, 3.63) is 30.3 Å². The van der Waals surface area contributed by atoms with E-state index in [0.29, 0.717) is 23.9 Å². The van der Waals surface area contributed by atoms with Gasteiger partial charge >= 0.3 is 6.16 Å². The Morgan fingerprint density at radius 2 is 1.80 bits per heavy atom. The molecular formula is C15H16O5. The van der Waals surface area contributed by atoms with Crippen molar-refractivity contribution in [2.24, 2.45) is 0 Å². The molecule has 0 aliphatic carbocycles. The molecule has 0 spiro atoms. The van der Waals surface area contributed by atoms with Crippen molar-refractivity contribution in [3.63, 3.8) is 0 Å². The van der Waals surface area contributed by atoms with Crippen molar-refractivity contribution >= 4 is 16.9 Å². The van der Waals surface area contributed by atoms with Crippen LogP contribution in [0.5, 0.6) is 17.2 Å². The molecule has 5 heteroatoms. The Kier molecular flexibility index (Phi) is 4.30. The number of fused-ring (bicyclic) bond motifs is 1. The van der Waals surface area contributed by atoms with Crippen LogP contribution in [0.1, 0.15) is 6.92 Å². The van der Waals surface area contributed by atoms with Gasteiger partial charge < -0.3 is 18.9 Å². The lowest BCUT2D eigenvalue weighted by Gasteiger charge is -2.15. The fourth-order valence-electron chi connectivity index (χ4n) is 1.95. The van der Waals surface area contributed by atoms with Crippen LogP contribution < -0.4 is 14.2 Å². The molecule has 0 aliphatic rings. The maximum absolute atomic E-state index is 11.4. The highest BCUT2D eigenvalue weighted by Crippen LogP contribution is 2.41. The lowest BCUT2D eigenvalue weighted by molar-refractivity contribution is 0.120. The van der Waals surface area contributed by atoms with E-state index in [1.807, 2.05) is 31.2 Å². The van der Waals surface area contributed by atoms with Crippen LogP contribution in [-0.4, -0.2) is 27.0 Å². The Balaban J connectivity index is 2.66. The summed E-state index contributed by atoms with van der Waals surface area (Å²) in [6.45, 7) is 2.29. The highest BCUT2D eigenvalue weighted by Gasteiger charge is 2.18.